The van der Waals surface area contributed by atoms with Crippen LogP contribution in [0, 0.1) is 5.92 Å². The fraction of sp³-hybridized carbons (Fsp3) is 0.750. The molecule has 0 spiro atoms. The van der Waals surface area contributed by atoms with Gasteiger partial charge in [0.25, 0.3) is 0 Å². The van der Waals surface area contributed by atoms with Gasteiger partial charge in [0.1, 0.15) is 5.78 Å². The first-order chi connectivity index (χ1) is 5.07. The molecule has 0 aromatic heterocycles. The van der Waals surface area contributed by atoms with Crippen molar-refractivity contribution in [2.75, 3.05) is 0 Å². The highest BCUT2D eigenvalue weighted by Crippen LogP contribution is 2.11. The predicted molar refractivity (Wildman–Crippen MR) is 47.2 cm³/mol. The molecule has 0 aromatic carbocycles. The van der Waals surface area contributed by atoms with Gasteiger partial charge in [-0.05, 0) is 26.2 Å². The first-order valence-electron chi connectivity index (χ1n) is 4.07. The van der Waals surface area contributed by atoms with Crippen LogP contribution in [0.25, 0.3) is 0 Å². The molecule has 0 amide bonds. The van der Waals surface area contributed by atoms with E-state index in [9.17, 15) is 9.59 Å². The molecule has 0 radical (unpaired) electrons. The van der Waals surface area contributed by atoms with E-state index in [4.69, 9.17) is 0 Å². The molecule has 11 heavy (non-hydrogen) atoms. The predicted octanol–water partition coefficient (Wildman–Crippen LogP) is 0.541. The summed E-state index contributed by atoms with van der Waals surface area (Å²) in [6, 6.07) is 0. The molecule has 0 aliphatic heterocycles. The second-order valence-electron chi connectivity index (χ2n) is 2.96. The van der Waals surface area contributed by atoms with Crippen LogP contribution in [0.1, 0.15) is 33.1 Å². The van der Waals surface area contributed by atoms with E-state index in [1.165, 1.54) is 0 Å². The largest absolute Gasteiger partial charge is 0.322 e. The molecule has 0 aliphatic rings. The van der Waals surface area contributed by atoms with Gasteiger partial charge >= 0.3 is 16.3 Å². The van der Waals surface area contributed by atoms with Gasteiger partial charge in [0.15, 0.2) is 0 Å². The summed E-state index contributed by atoms with van der Waals surface area (Å²) < 4.78 is 0.310. The van der Waals surface area contributed by atoms with E-state index in [-0.39, 0.29) is 11.7 Å². The molecule has 1 atom stereocenters. The molecule has 0 fully saturated rings. The van der Waals surface area contributed by atoms with Crippen LogP contribution in [-0.4, -0.2) is 26.7 Å². The Morgan fingerprint density at radius 1 is 1.45 bits per heavy atom. The van der Waals surface area contributed by atoms with Crippen LogP contribution in [-0.2, 0) is 9.59 Å². The van der Waals surface area contributed by atoms with Crippen LogP contribution in [0.3, 0.4) is 0 Å². The van der Waals surface area contributed by atoms with E-state index in [1.54, 1.807) is 6.92 Å². The maximum absolute atomic E-state index is 10.9. The van der Waals surface area contributed by atoms with Gasteiger partial charge in [0.05, 0.1) is 0 Å². The molecule has 62 valence electrons. The molecule has 0 rings (SSSR count). The Balaban J connectivity index is 3.70. The monoisotopic (exact) mass is 170 g/mol. The minimum Gasteiger partial charge on any atom is -0.322 e. The van der Waals surface area contributed by atoms with E-state index in [1.807, 2.05) is 6.92 Å². The van der Waals surface area contributed by atoms with Gasteiger partial charge in [0.2, 0.25) is 0 Å². The summed E-state index contributed by atoms with van der Waals surface area (Å²) in [6.45, 7) is 3.59. The molecular formula is C8H15AlO2. The van der Waals surface area contributed by atoms with E-state index >= 15 is 0 Å². The van der Waals surface area contributed by atoms with Crippen molar-refractivity contribution < 1.29 is 9.59 Å². The van der Waals surface area contributed by atoms with Gasteiger partial charge < -0.3 is 4.79 Å². The standard InChI is InChI=1S/C8H13O2.Al.2H/c1-3-8(7(2)10)5-4-6-9;;;/h8H,3-5H2,1-2H3;;;. The Hall–Kier alpha value is -0.128. The maximum Gasteiger partial charge on any atom is 0.319 e. The third-order valence-corrected chi connectivity index (χ3v) is 2.41. The summed E-state index contributed by atoms with van der Waals surface area (Å²) in [7, 11) is 0. The summed E-state index contributed by atoms with van der Waals surface area (Å²) >= 11 is 0.623. The van der Waals surface area contributed by atoms with E-state index in [0.29, 0.717) is 27.4 Å². The Bertz CT molecular complexity index is 154. The zero-order valence-electron chi connectivity index (χ0n) is 7.52. The topological polar surface area (TPSA) is 34.1 Å². The number of carbonyl (C=O) groups is 2. The molecule has 0 heterocycles. The number of hydrogen-bond acceptors (Lipinski definition) is 2. The third-order valence-electron chi connectivity index (χ3n) is 1.91. The fourth-order valence-corrected chi connectivity index (χ4v) is 1.36. The van der Waals surface area contributed by atoms with Crippen molar-refractivity contribution in [3.8, 4) is 0 Å². The van der Waals surface area contributed by atoms with Crippen molar-refractivity contribution >= 4 is 26.7 Å². The van der Waals surface area contributed by atoms with Crippen molar-refractivity contribution in [2.24, 2.45) is 5.92 Å². The van der Waals surface area contributed by atoms with Crippen LogP contribution >= 0.6 is 0 Å². The van der Waals surface area contributed by atoms with E-state index < -0.39 is 0 Å². The molecule has 0 aromatic rings. The molecule has 0 N–H and O–H groups in total. The lowest BCUT2D eigenvalue weighted by Gasteiger charge is -2.08. The summed E-state index contributed by atoms with van der Waals surface area (Å²) in [5.74, 6) is 0.336. The van der Waals surface area contributed by atoms with Crippen molar-refractivity contribution in [3.05, 3.63) is 0 Å². The van der Waals surface area contributed by atoms with Gasteiger partial charge in [-0.1, -0.05) is 6.92 Å². The second kappa shape index (κ2) is 5.51. The van der Waals surface area contributed by atoms with Crippen LogP contribution < -0.4 is 0 Å². The van der Waals surface area contributed by atoms with Crippen molar-refractivity contribution in [2.45, 2.75) is 33.1 Å². The van der Waals surface area contributed by atoms with Gasteiger partial charge in [-0.3, -0.25) is 4.79 Å². The van der Waals surface area contributed by atoms with Crippen molar-refractivity contribution in [3.63, 3.8) is 0 Å². The highest BCUT2D eigenvalue weighted by Gasteiger charge is 2.11. The lowest BCUT2D eigenvalue weighted by atomic mass is 9.97. The molecule has 1 unspecified atom stereocenters. The highest BCUT2D eigenvalue weighted by molar-refractivity contribution is 6.57. The van der Waals surface area contributed by atoms with E-state index in [2.05, 4.69) is 0 Å². The third kappa shape index (κ3) is 5.18. The lowest BCUT2D eigenvalue weighted by molar-refractivity contribution is -0.121. The van der Waals surface area contributed by atoms with Crippen molar-refractivity contribution in [1.29, 1.82) is 0 Å². The number of ketones is 1. The zero-order chi connectivity index (χ0) is 8.85. The summed E-state index contributed by atoms with van der Waals surface area (Å²) in [5, 5.41) is 0. The minimum atomic E-state index is 0.118. The Kier molecular flexibility index (Phi) is 5.45. The maximum atomic E-state index is 10.9. The lowest BCUT2D eigenvalue weighted by Crippen LogP contribution is -2.11. The van der Waals surface area contributed by atoms with Gasteiger partial charge in [-0.2, -0.15) is 0 Å². The molecule has 0 bridgehead atoms. The first-order valence-corrected chi connectivity index (χ1v) is 5.07. The van der Waals surface area contributed by atoms with Gasteiger partial charge in [0, 0.05) is 10.6 Å². The molecule has 0 aliphatic carbocycles. The Morgan fingerprint density at radius 2 is 2.00 bits per heavy atom. The molecule has 2 nitrogen and oxygen atoms in total. The summed E-state index contributed by atoms with van der Waals surface area (Å²) in [6.07, 6.45) is 2.22. The number of Topliss-reactive ketones (excluding diaryl/α,β-unsaturated/α-hetero) is 1. The molecule has 0 saturated heterocycles. The highest BCUT2D eigenvalue weighted by atomic mass is 27.0. The van der Waals surface area contributed by atoms with E-state index in [0.717, 1.165) is 12.8 Å². The van der Waals surface area contributed by atoms with Gasteiger partial charge in [-0.25, -0.2) is 0 Å². The SMILES string of the molecule is CCC(CC[C](=O)[AlH2])C(C)=O. The van der Waals surface area contributed by atoms with Crippen LogP contribution in [0.15, 0.2) is 0 Å². The Morgan fingerprint density at radius 3 is 2.27 bits per heavy atom. The smallest absolute Gasteiger partial charge is 0.319 e. The van der Waals surface area contributed by atoms with Crippen LogP contribution in [0.5, 0.6) is 0 Å². The minimum absolute atomic E-state index is 0.118. The fourth-order valence-electron chi connectivity index (χ4n) is 1.07. The van der Waals surface area contributed by atoms with Crippen molar-refractivity contribution in [1.82, 2.24) is 0 Å². The quantitative estimate of drug-likeness (QED) is 0.564. The van der Waals surface area contributed by atoms with Crippen LogP contribution in [0.4, 0.5) is 0 Å². The number of carbonyl (C=O) groups excluding carboxylic acids is 2. The number of rotatable bonds is 5. The van der Waals surface area contributed by atoms with Crippen LogP contribution in [0.2, 0.25) is 0 Å². The second-order valence-corrected chi connectivity index (χ2v) is 4.07. The molecule has 0 saturated carbocycles. The Labute approximate surface area is 75.8 Å². The summed E-state index contributed by atoms with van der Waals surface area (Å²) in [5.41, 5.74) is 0. The van der Waals surface area contributed by atoms with Gasteiger partial charge in [-0.15, -0.1) is 0 Å². The molecule has 3 heteroatoms. The average molecular weight is 170 g/mol. The number of hydrogen-bond donors (Lipinski definition) is 0. The zero-order valence-corrected chi connectivity index (χ0v) is 9.52. The summed E-state index contributed by atoms with van der Waals surface area (Å²) in [4.78, 5) is 21.5. The normalized spacial score (nSPS) is 12.5. The first kappa shape index (κ1) is 10.9. The average Bonchev–Trinajstić information content (AvgIpc) is 1.87. The molecular weight excluding hydrogens is 155 g/mol.